The molecular formula is C19H20ClNO4. The van der Waals surface area contributed by atoms with Crippen molar-refractivity contribution >= 4 is 17.5 Å². The number of carbonyl (C=O) groups is 1. The molecular weight excluding hydrogens is 342 g/mol. The number of benzene rings is 2. The zero-order valence-electron chi connectivity index (χ0n) is 14.2. The molecule has 6 heteroatoms. The van der Waals surface area contributed by atoms with Gasteiger partial charge in [-0.05, 0) is 54.8 Å². The summed E-state index contributed by atoms with van der Waals surface area (Å²) in [6.45, 7) is 4.44. The molecule has 0 spiro atoms. The van der Waals surface area contributed by atoms with E-state index in [9.17, 15) is 4.79 Å². The van der Waals surface area contributed by atoms with Gasteiger partial charge in [-0.25, -0.2) is 0 Å². The molecule has 132 valence electrons. The van der Waals surface area contributed by atoms with Crippen LogP contribution in [0.1, 0.15) is 24.5 Å². The van der Waals surface area contributed by atoms with Crippen LogP contribution in [0.5, 0.6) is 17.2 Å². The van der Waals surface area contributed by atoms with Gasteiger partial charge in [-0.2, -0.15) is 0 Å². The van der Waals surface area contributed by atoms with Gasteiger partial charge in [0.15, 0.2) is 17.6 Å². The normalized spacial score (nSPS) is 13.4. The van der Waals surface area contributed by atoms with Crippen LogP contribution in [0, 0.1) is 6.92 Å². The summed E-state index contributed by atoms with van der Waals surface area (Å²) in [5.74, 6) is 1.90. The molecule has 2 aromatic rings. The van der Waals surface area contributed by atoms with Crippen LogP contribution in [-0.2, 0) is 11.3 Å². The first kappa shape index (κ1) is 17.4. The standard InChI is InChI=1S/C19H20ClNO4/c1-3-16(25-14-5-6-15(20)12(2)8-14)19(22)21-10-13-4-7-17-18(9-13)24-11-23-17/h4-9,16H,3,10-11H2,1-2H3,(H,21,22)/t16-/m0/s1. The summed E-state index contributed by atoms with van der Waals surface area (Å²) in [6.07, 6.45) is 0.00356. The minimum absolute atomic E-state index is 0.159. The molecule has 1 atom stereocenters. The first-order chi connectivity index (χ1) is 12.1. The Balaban J connectivity index is 1.59. The fourth-order valence-corrected chi connectivity index (χ4v) is 2.65. The number of aryl methyl sites for hydroxylation is 1. The number of carbonyl (C=O) groups excluding carboxylic acids is 1. The van der Waals surface area contributed by atoms with Crippen LogP contribution in [0.3, 0.4) is 0 Å². The molecule has 0 aromatic heterocycles. The van der Waals surface area contributed by atoms with Gasteiger partial charge >= 0.3 is 0 Å². The highest BCUT2D eigenvalue weighted by Crippen LogP contribution is 2.32. The van der Waals surface area contributed by atoms with Gasteiger partial charge in [0.1, 0.15) is 5.75 Å². The lowest BCUT2D eigenvalue weighted by Gasteiger charge is -2.18. The van der Waals surface area contributed by atoms with Crippen LogP contribution >= 0.6 is 11.6 Å². The van der Waals surface area contributed by atoms with E-state index in [0.29, 0.717) is 29.5 Å². The third-order valence-corrected chi connectivity index (χ3v) is 4.40. The number of rotatable bonds is 6. The number of hydrogen-bond donors (Lipinski definition) is 1. The number of hydrogen-bond acceptors (Lipinski definition) is 4. The fraction of sp³-hybridized carbons (Fsp3) is 0.316. The van der Waals surface area contributed by atoms with Gasteiger partial charge in [0, 0.05) is 11.6 Å². The first-order valence-corrected chi connectivity index (χ1v) is 8.53. The van der Waals surface area contributed by atoms with Crippen molar-refractivity contribution < 1.29 is 19.0 Å². The molecule has 0 fully saturated rings. The molecule has 0 bridgehead atoms. The molecule has 3 rings (SSSR count). The quantitative estimate of drug-likeness (QED) is 0.849. The zero-order chi connectivity index (χ0) is 17.8. The van der Waals surface area contributed by atoms with E-state index in [1.54, 1.807) is 12.1 Å². The van der Waals surface area contributed by atoms with Crippen molar-refractivity contribution in [2.75, 3.05) is 6.79 Å². The van der Waals surface area contributed by atoms with Crippen molar-refractivity contribution in [2.45, 2.75) is 32.9 Å². The molecule has 2 aromatic carbocycles. The average molecular weight is 362 g/mol. The van der Waals surface area contributed by atoms with Crippen LogP contribution in [-0.4, -0.2) is 18.8 Å². The Morgan fingerprint density at radius 3 is 2.80 bits per heavy atom. The molecule has 0 saturated heterocycles. The largest absolute Gasteiger partial charge is 0.481 e. The highest BCUT2D eigenvalue weighted by molar-refractivity contribution is 6.31. The number of nitrogens with one attached hydrogen (secondary N) is 1. The molecule has 1 aliphatic heterocycles. The van der Waals surface area contributed by atoms with Crippen molar-refractivity contribution in [3.8, 4) is 17.2 Å². The third kappa shape index (κ3) is 4.17. The van der Waals surface area contributed by atoms with Crippen LogP contribution in [0.2, 0.25) is 5.02 Å². The molecule has 1 N–H and O–H groups in total. The average Bonchev–Trinajstić information content (AvgIpc) is 3.08. The minimum Gasteiger partial charge on any atom is -0.481 e. The van der Waals surface area contributed by atoms with Gasteiger partial charge in [-0.3, -0.25) is 4.79 Å². The molecule has 1 aliphatic rings. The summed E-state index contributed by atoms with van der Waals surface area (Å²) in [5, 5.41) is 3.57. The van der Waals surface area contributed by atoms with Crippen LogP contribution in [0.15, 0.2) is 36.4 Å². The number of ether oxygens (including phenoxy) is 3. The van der Waals surface area contributed by atoms with Gasteiger partial charge in [0.2, 0.25) is 6.79 Å². The van der Waals surface area contributed by atoms with Gasteiger partial charge in [0.05, 0.1) is 0 Å². The molecule has 1 heterocycles. The monoisotopic (exact) mass is 361 g/mol. The van der Waals surface area contributed by atoms with Gasteiger partial charge in [-0.1, -0.05) is 24.6 Å². The van der Waals surface area contributed by atoms with Crippen LogP contribution in [0.4, 0.5) is 0 Å². The number of fused-ring (bicyclic) bond motifs is 1. The minimum atomic E-state index is -0.561. The summed E-state index contributed by atoms with van der Waals surface area (Å²) in [6, 6.07) is 11.0. The zero-order valence-corrected chi connectivity index (χ0v) is 14.9. The lowest BCUT2D eigenvalue weighted by Crippen LogP contribution is -2.37. The fourth-order valence-electron chi connectivity index (χ4n) is 2.53. The maximum atomic E-state index is 12.4. The van der Waals surface area contributed by atoms with Crippen molar-refractivity contribution in [1.82, 2.24) is 5.32 Å². The Bertz CT molecular complexity index is 778. The van der Waals surface area contributed by atoms with Crippen LogP contribution in [0.25, 0.3) is 0 Å². The molecule has 0 saturated carbocycles. The van der Waals surface area contributed by atoms with E-state index in [0.717, 1.165) is 16.9 Å². The summed E-state index contributed by atoms with van der Waals surface area (Å²) >= 11 is 6.02. The summed E-state index contributed by atoms with van der Waals surface area (Å²) in [5.41, 5.74) is 1.85. The predicted molar refractivity (Wildman–Crippen MR) is 95.3 cm³/mol. The lowest BCUT2D eigenvalue weighted by atomic mass is 10.2. The maximum absolute atomic E-state index is 12.4. The Kier molecular flexibility index (Phi) is 5.34. The van der Waals surface area contributed by atoms with E-state index in [1.807, 2.05) is 38.1 Å². The Morgan fingerprint density at radius 2 is 2.04 bits per heavy atom. The molecule has 1 amide bonds. The van der Waals surface area contributed by atoms with E-state index >= 15 is 0 Å². The summed E-state index contributed by atoms with van der Waals surface area (Å²) in [4.78, 5) is 12.4. The Morgan fingerprint density at radius 1 is 1.24 bits per heavy atom. The second-order valence-corrected chi connectivity index (χ2v) is 6.24. The van der Waals surface area contributed by atoms with E-state index in [1.165, 1.54) is 0 Å². The number of amides is 1. The van der Waals surface area contributed by atoms with Crippen molar-refractivity contribution in [3.63, 3.8) is 0 Å². The highest BCUT2D eigenvalue weighted by Gasteiger charge is 2.19. The lowest BCUT2D eigenvalue weighted by molar-refractivity contribution is -0.128. The van der Waals surface area contributed by atoms with Crippen molar-refractivity contribution in [3.05, 3.63) is 52.5 Å². The van der Waals surface area contributed by atoms with Gasteiger partial charge in [-0.15, -0.1) is 0 Å². The van der Waals surface area contributed by atoms with Gasteiger partial charge in [0.25, 0.3) is 5.91 Å². The summed E-state index contributed by atoms with van der Waals surface area (Å²) in [7, 11) is 0. The topological polar surface area (TPSA) is 56.8 Å². The van der Waals surface area contributed by atoms with Crippen molar-refractivity contribution in [1.29, 1.82) is 0 Å². The first-order valence-electron chi connectivity index (χ1n) is 8.16. The smallest absolute Gasteiger partial charge is 0.261 e. The van der Waals surface area contributed by atoms with Crippen molar-refractivity contribution in [2.24, 2.45) is 0 Å². The van der Waals surface area contributed by atoms with Gasteiger partial charge < -0.3 is 19.5 Å². The highest BCUT2D eigenvalue weighted by atomic mass is 35.5. The Labute approximate surface area is 151 Å². The Hall–Kier alpha value is -2.40. The third-order valence-electron chi connectivity index (χ3n) is 3.97. The van der Waals surface area contributed by atoms with E-state index in [4.69, 9.17) is 25.8 Å². The summed E-state index contributed by atoms with van der Waals surface area (Å²) < 4.78 is 16.4. The predicted octanol–water partition coefficient (Wildman–Crippen LogP) is 3.85. The van der Waals surface area contributed by atoms with E-state index in [2.05, 4.69) is 5.32 Å². The van der Waals surface area contributed by atoms with E-state index < -0.39 is 6.10 Å². The molecule has 0 unspecified atom stereocenters. The molecule has 0 aliphatic carbocycles. The second-order valence-electron chi connectivity index (χ2n) is 5.83. The molecule has 5 nitrogen and oxygen atoms in total. The maximum Gasteiger partial charge on any atom is 0.261 e. The number of halogens is 1. The van der Waals surface area contributed by atoms with Crippen LogP contribution < -0.4 is 19.5 Å². The molecule has 25 heavy (non-hydrogen) atoms. The van der Waals surface area contributed by atoms with E-state index in [-0.39, 0.29) is 12.7 Å². The SMILES string of the molecule is CC[C@H](Oc1ccc(Cl)c(C)c1)C(=O)NCc1ccc2c(c1)OCO2. The second kappa shape index (κ2) is 7.66. The molecule has 0 radical (unpaired) electrons.